The summed E-state index contributed by atoms with van der Waals surface area (Å²) in [6.45, 7) is 6.01. The number of phenolic OH excluding ortho intramolecular Hbond substituents is 1. The number of aliphatic hydroxyl groups is 2. The number of hydrogen-bond acceptors (Lipinski definition) is 4. The Balaban J connectivity index is 2.30. The predicted molar refractivity (Wildman–Crippen MR) is 81.1 cm³/mol. The van der Waals surface area contributed by atoms with Gasteiger partial charge in [-0.25, -0.2) is 0 Å². The molecule has 1 heterocycles. The van der Waals surface area contributed by atoms with Gasteiger partial charge in [-0.15, -0.1) is 0 Å². The molecule has 1 aliphatic heterocycles. The van der Waals surface area contributed by atoms with Gasteiger partial charge < -0.3 is 20.1 Å². The lowest BCUT2D eigenvalue weighted by Gasteiger charge is -2.20. The third-order valence-corrected chi connectivity index (χ3v) is 3.92. The summed E-state index contributed by atoms with van der Waals surface area (Å²) in [4.78, 5) is 0. The zero-order valence-electron chi connectivity index (χ0n) is 12.8. The monoisotopic (exact) mass is 292 g/mol. The fraction of sp³-hybridized carbons (Fsp3) is 0.529. The normalized spacial score (nSPS) is 20.0. The van der Waals surface area contributed by atoms with Crippen molar-refractivity contribution in [2.24, 2.45) is 0 Å². The quantitative estimate of drug-likeness (QED) is 0.730. The third kappa shape index (κ3) is 3.64. The Morgan fingerprint density at radius 2 is 2.10 bits per heavy atom. The smallest absolute Gasteiger partial charge is 0.121 e. The van der Waals surface area contributed by atoms with E-state index in [-0.39, 0.29) is 11.9 Å². The van der Waals surface area contributed by atoms with Crippen molar-refractivity contribution >= 4 is 0 Å². The van der Waals surface area contributed by atoms with Crippen molar-refractivity contribution < 1.29 is 20.1 Å². The van der Waals surface area contributed by atoms with Crippen LogP contribution in [0, 0.1) is 0 Å². The Morgan fingerprint density at radius 1 is 1.38 bits per heavy atom. The molecule has 4 heteroatoms. The largest absolute Gasteiger partial charge is 0.508 e. The van der Waals surface area contributed by atoms with E-state index in [0.29, 0.717) is 13.0 Å². The maximum atomic E-state index is 9.99. The number of fused-ring (bicyclic) bond motifs is 1. The number of hydrogen-bond donors (Lipinski definition) is 3. The number of rotatable bonds is 5. The molecule has 21 heavy (non-hydrogen) atoms. The first-order valence-corrected chi connectivity index (χ1v) is 7.34. The minimum absolute atomic E-state index is 0.236. The van der Waals surface area contributed by atoms with Gasteiger partial charge in [-0.05, 0) is 44.4 Å². The molecule has 0 radical (unpaired) electrons. The van der Waals surface area contributed by atoms with Gasteiger partial charge in [0.15, 0.2) is 0 Å². The van der Waals surface area contributed by atoms with Crippen LogP contribution in [-0.4, -0.2) is 27.5 Å². The fourth-order valence-electron chi connectivity index (χ4n) is 2.62. The van der Waals surface area contributed by atoms with E-state index in [1.165, 1.54) is 5.57 Å². The van der Waals surface area contributed by atoms with Crippen LogP contribution in [0.5, 0.6) is 5.75 Å². The fourth-order valence-corrected chi connectivity index (χ4v) is 2.62. The Labute approximate surface area is 125 Å². The standard InChI is InChI=1S/C17H24O4/c1-10(2)4-5-12-6-7-14(19)13-9-21-16(17(12)13)8-15(20)11(3)18/h4,6-7,11,15-16,18-20H,5,8-9H2,1-3H3. The Bertz CT molecular complexity index is 530. The summed E-state index contributed by atoms with van der Waals surface area (Å²) in [6, 6.07) is 3.61. The van der Waals surface area contributed by atoms with Crippen molar-refractivity contribution in [3.63, 3.8) is 0 Å². The van der Waals surface area contributed by atoms with Crippen LogP contribution in [0.25, 0.3) is 0 Å². The first-order valence-electron chi connectivity index (χ1n) is 7.34. The van der Waals surface area contributed by atoms with Gasteiger partial charge >= 0.3 is 0 Å². The molecule has 1 aliphatic rings. The topological polar surface area (TPSA) is 69.9 Å². The lowest BCUT2D eigenvalue weighted by Crippen LogP contribution is -2.25. The van der Waals surface area contributed by atoms with E-state index in [4.69, 9.17) is 4.74 Å². The molecule has 0 bridgehead atoms. The molecule has 3 N–H and O–H groups in total. The van der Waals surface area contributed by atoms with Crippen LogP contribution in [0.1, 0.15) is 50.0 Å². The predicted octanol–water partition coefficient (Wildman–Crippen LogP) is 2.60. The molecule has 3 atom stereocenters. The van der Waals surface area contributed by atoms with Gasteiger partial charge in [0.05, 0.1) is 24.9 Å². The summed E-state index contributed by atoms with van der Waals surface area (Å²) in [5, 5.41) is 29.3. The van der Waals surface area contributed by atoms with Crippen LogP contribution < -0.4 is 0 Å². The number of ether oxygens (including phenoxy) is 1. The molecule has 1 aromatic rings. The number of aromatic hydroxyl groups is 1. The summed E-state index contributed by atoms with van der Waals surface area (Å²) in [5.74, 6) is 0.236. The van der Waals surface area contributed by atoms with E-state index in [1.807, 2.05) is 19.9 Å². The van der Waals surface area contributed by atoms with Crippen molar-refractivity contribution in [1.29, 1.82) is 0 Å². The average Bonchev–Trinajstić information content (AvgIpc) is 2.83. The maximum absolute atomic E-state index is 9.99. The summed E-state index contributed by atoms with van der Waals surface area (Å²) in [7, 11) is 0. The maximum Gasteiger partial charge on any atom is 0.121 e. The highest BCUT2D eigenvalue weighted by atomic mass is 16.5. The van der Waals surface area contributed by atoms with E-state index in [1.54, 1.807) is 13.0 Å². The van der Waals surface area contributed by atoms with Crippen LogP contribution >= 0.6 is 0 Å². The summed E-state index contributed by atoms with van der Waals surface area (Å²) < 4.78 is 5.72. The molecular weight excluding hydrogens is 268 g/mol. The van der Waals surface area contributed by atoms with Crippen LogP contribution in [-0.2, 0) is 17.8 Å². The molecular formula is C17H24O4. The molecule has 2 rings (SSSR count). The summed E-state index contributed by atoms with van der Waals surface area (Å²) in [5.41, 5.74) is 4.10. The van der Waals surface area contributed by atoms with E-state index in [0.717, 1.165) is 23.1 Å². The summed E-state index contributed by atoms with van der Waals surface area (Å²) >= 11 is 0. The SMILES string of the molecule is CC(C)=CCc1ccc(O)c2c1C(CC(O)C(C)O)OC2. The summed E-state index contributed by atoms with van der Waals surface area (Å²) in [6.07, 6.45) is 1.33. The van der Waals surface area contributed by atoms with Crippen molar-refractivity contribution in [1.82, 2.24) is 0 Å². The lowest BCUT2D eigenvalue weighted by atomic mass is 9.92. The van der Waals surface area contributed by atoms with Gasteiger partial charge in [0.25, 0.3) is 0 Å². The van der Waals surface area contributed by atoms with Gasteiger partial charge in [0.2, 0.25) is 0 Å². The van der Waals surface area contributed by atoms with E-state index in [2.05, 4.69) is 6.08 Å². The molecule has 116 valence electrons. The number of allylic oxidation sites excluding steroid dienone is 2. The van der Waals surface area contributed by atoms with Crippen LogP contribution in [0.4, 0.5) is 0 Å². The number of aliphatic hydroxyl groups excluding tert-OH is 2. The number of benzene rings is 1. The first kappa shape index (κ1) is 16.0. The highest BCUT2D eigenvalue weighted by molar-refractivity contribution is 5.48. The zero-order valence-corrected chi connectivity index (χ0v) is 12.8. The van der Waals surface area contributed by atoms with Gasteiger partial charge in [-0.1, -0.05) is 17.7 Å². The van der Waals surface area contributed by atoms with Crippen molar-refractivity contribution in [3.8, 4) is 5.75 Å². The van der Waals surface area contributed by atoms with Crippen molar-refractivity contribution in [2.75, 3.05) is 0 Å². The van der Waals surface area contributed by atoms with Gasteiger partial charge in [-0.2, -0.15) is 0 Å². The second-order valence-electron chi connectivity index (χ2n) is 5.96. The molecule has 0 saturated heterocycles. The van der Waals surface area contributed by atoms with E-state index >= 15 is 0 Å². The lowest BCUT2D eigenvalue weighted by molar-refractivity contribution is -0.0242. The molecule has 0 fully saturated rings. The minimum atomic E-state index is -0.834. The molecule has 4 nitrogen and oxygen atoms in total. The van der Waals surface area contributed by atoms with Gasteiger partial charge in [-0.3, -0.25) is 0 Å². The molecule has 0 aromatic heterocycles. The Morgan fingerprint density at radius 3 is 2.71 bits per heavy atom. The van der Waals surface area contributed by atoms with Crippen molar-refractivity contribution in [3.05, 3.63) is 40.5 Å². The first-order chi connectivity index (χ1) is 9.90. The van der Waals surface area contributed by atoms with Crippen LogP contribution in [0.3, 0.4) is 0 Å². The number of phenols is 1. The molecule has 0 saturated carbocycles. The molecule has 3 unspecified atom stereocenters. The molecule has 0 amide bonds. The second kappa shape index (κ2) is 6.60. The Hall–Kier alpha value is -1.36. The van der Waals surface area contributed by atoms with Gasteiger partial charge in [0.1, 0.15) is 5.75 Å². The Kier molecular flexibility index (Phi) is 5.04. The van der Waals surface area contributed by atoms with Crippen molar-refractivity contribution in [2.45, 2.75) is 58.5 Å². The highest BCUT2D eigenvalue weighted by Gasteiger charge is 2.31. The second-order valence-corrected chi connectivity index (χ2v) is 5.96. The van der Waals surface area contributed by atoms with Crippen LogP contribution in [0.2, 0.25) is 0 Å². The van der Waals surface area contributed by atoms with E-state index in [9.17, 15) is 15.3 Å². The zero-order chi connectivity index (χ0) is 15.6. The molecule has 0 aliphatic carbocycles. The van der Waals surface area contributed by atoms with E-state index < -0.39 is 12.2 Å². The average molecular weight is 292 g/mol. The highest BCUT2D eigenvalue weighted by Crippen LogP contribution is 2.41. The van der Waals surface area contributed by atoms with Gasteiger partial charge in [0, 0.05) is 12.0 Å². The minimum Gasteiger partial charge on any atom is -0.508 e. The third-order valence-electron chi connectivity index (χ3n) is 3.92. The molecule has 1 aromatic carbocycles. The molecule has 0 spiro atoms. The van der Waals surface area contributed by atoms with Crippen LogP contribution in [0.15, 0.2) is 23.8 Å².